The van der Waals surface area contributed by atoms with Gasteiger partial charge in [-0.1, -0.05) is 37.5 Å². The van der Waals surface area contributed by atoms with Gasteiger partial charge in [-0.3, -0.25) is 0 Å². The molecule has 1 aromatic heterocycles. The van der Waals surface area contributed by atoms with Gasteiger partial charge < -0.3 is 9.73 Å². The fourth-order valence-corrected chi connectivity index (χ4v) is 3.05. The summed E-state index contributed by atoms with van der Waals surface area (Å²) in [6, 6.07) is 10.7. The van der Waals surface area contributed by atoms with Crippen LogP contribution in [0.1, 0.15) is 50.8 Å². The van der Waals surface area contributed by atoms with Gasteiger partial charge in [0.25, 0.3) is 0 Å². The second-order valence-electron chi connectivity index (χ2n) is 5.82. The number of nitrogens with one attached hydrogen (secondary N) is 1. The van der Waals surface area contributed by atoms with Crippen LogP contribution >= 0.6 is 0 Å². The molecule has 1 heterocycles. The maximum Gasteiger partial charge on any atom is 0.134 e. The predicted octanol–water partition coefficient (Wildman–Crippen LogP) is 4.66. The van der Waals surface area contributed by atoms with Crippen LogP contribution in [0, 0.1) is 5.92 Å². The van der Waals surface area contributed by atoms with Crippen LogP contribution < -0.4 is 5.32 Å². The van der Waals surface area contributed by atoms with Crippen LogP contribution in [0.15, 0.2) is 34.7 Å². The summed E-state index contributed by atoms with van der Waals surface area (Å²) >= 11 is 0. The highest BCUT2D eigenvalue weighted by Crippen LogP contribution is 2.26. The number of rotatable bonds is 4. The lowest BCUT2D eigenvalue weighted by atomic mass is 9.89. The Labute approximate surface area is 115 Å². The topological polar surface area (TPSA) is 25.2 Å². The van der Waals surface area contributed by atoms with Crippen molar-refractivity contribution in [3.8, 4) is 0 Å². The normalized spacial score (nSPS) is 18.8. The van der Waals surface area contributed by atoms with Crippen molar-refractivity contribution in [3.05, 3.63) is 36.1 Å². The molecule has 102 valence electrons. The molecular formula is C17H23NO. The van der Waals surface area contributed by atoms with E-state index in [-0.39, 0.29) is 0 Å². The first-order chi connectivity index (χ1) is 9.33. The predicted molar refractivity (Wildman–Crippen MR) is 79.2 cm³/mol. The third-order valence-electron chi connectivity index (χ3n) is 4.31. The molecule has 0 radical (unpaired) electrons. The van der Waals surface area contributed by atoms with Crippen molar-refractivity contribution in [2.24, 2.45) is 5.92 Å². The van der Waals surface area contributed by atoms with Crippen molar-refractivity contribution in [1.82, 2.24) is 5.32 Å². The fourth-order valence-electron chi connectivity index (χ4n) is 3.05. The van der Waals surface area contributed by atoms with Crippen LogP contribution in [-0.4, -0.2) is 6.54 Å². The van der Waals surface area contributed by atoms with Crippen LogP contribution in [0.2, 0.25) is 0 Å². The van der Waals surface area contributed by atoms with E-state index in [0.29, 0.717) is 6.04 Å². The average molecular weight is 257 g/mol. The molecule has 1 saturated carbocycles. The minimum absolute atomic E-state index is 0.300. The van der Waals surface area contributed by atoms with E-state index in [4.69, 9.17) is 4.42 Å². The molecule has 1 aromatic carbocycles. The van der Waals surface area contributed by atoms with Crippen LogP contribution in [0.5, 0.6) is 0 Å². The third kappa shape index (κ3) is 3.01. The van der Waals surface area contributed by atoms with Gasteiger partial charge in [0.15, 0.2) is 0 Å². The molecule has 0 saturated heterocycles. The number of hydrogen-bond acceptors (Lipinski definition) is 2. The molecule has 1 N–H and O–H groups in total. The van der Waals surface area contributed by atoms with Gasteiger partial charge in [0.05, 0.1) is 6.04 Å². The molecule has 0 aliphatic heterocycles. The van der Waals surface area contributed by atoms with Gasteiger partial charge in [0.1, 0.15) is 11.3 Å². The van der Waals surface area contributed by atoms with Crippen molar-refractivity contribution in [2.75, 3.05) is 6.54 Å². The number of para-hydroxylation sites is 1. The Kier molecular flexibility index (Phi) is 3.88. The molecule has 1 unspecified atom stereocenters. The molecule has 0 bridgehead atoms. The van der Waals surface area contributed by atoms with E-state index < -0.39 is 0 Å². The molecule has 0 spiro atoms. The Morgan fingerprint density at radius 1 is 1.21 bits per heavy atom. The second-order valence-corrected chi connectivity index (χ2v) is 5.82. The van der Waals surface area contributed by atoms with Crippen LogP contribution in [0.4, 0.5) is 0 Å². The van der Waals surface area contributed by atoms with Gasteiger partial charge in [-0.2, -0.15) is 0 Å². The summed E-state index contributed by atoms with van der Waals surface area (Å²) in [5.41, 5.74) is 0.990. The SMILES string of the molecule is CC(NCC1CCCCC1)c1cc2ccccc2o1. The van der Waals surface area contributed by atoms with Crippen molar-refractivity contribution < 1.29 is 4.42 Å². The van der Waals surface area contributed by atoms with Gasteiger partial charge in [0, 0.05) is 5.39 Å². The van der Waals surface area contributed by atoms with E-state index in [1.54, 1.807) is 0 Å². The lowest BCUT2D eigenvalue weighted by molar-refractivity contribution is 0.322. The molecule has 1 aliphatic carbocycles. The first kappa shape index (κ1) is 12.7. The Morgan fingerprint density at radius 2 is 2.00 bits per heavy atom. The molecule has 1 aliphatic rings. The highest BCUT2D eigenvalue weighted by atomic mass is 16.3. The summed E-state index contributed by atoms with van der Waals surface area (Å²) in [4.78, 5) is 0. The van der Waals surface area contributed by atoms with E-state index in [9.17, 15) is 0 Å². The van der Waals surface area contributed by atoms with Gasteiger partial charge in [-0.05, 0) is 44.4 Å². The molecule has 1 fully saturated rings. The van der Waals surface area contributed by atoms with Gasteiger partial charge in [-0.15, -0.1) is 0 Å². The van der Waals surface area contributed by atoms with Crippen molar-refractivity contribution in [1.29, 1.82) is 0 Å². The van der Waals surface area contributed by atoms with Gasteiger partial charge >= 0.3 is 0 Å². The fraction of sp³-hybridized carbons (Fsp3) is 0.529. The molecule has 0 amide bonds. The minimum Gasteiger partial charge on any atom is -0.459 e. The zero-order chi connectivity index (χ0) is 13.1. The van der Waals surface area contributed by atoms with E-state index in [1.165, 1.54) is 37.5 Å². The summed E-state index contributed by atoms with van der Waals surface area (Å²) in [7, 11) is 0. The van der Waals surface area contributed by atoms with E-state index in [2.05, 4.69) is 30.4 Å². The Hall–Kier alpha value is -1.28. The molecule has 3 rings (SSSR count). The van der Waals surface area contributed by atoms with Crippen LogP contribution in [0.25, 0.3) is 11.0 Å². The first-order valence-corrected chi connectivity index (χ1v) is 7.55. The zero-order valence-corrected chi connectivity index (χ0v) is 11.7. The molecule has 19 heavy (non-hydrogen) atoms. The molecule has 2 nitrogen and oxygen atoms in total. The summed E-state index contributed by atoms with van der Waals surface area (Å²) in [5.74, 6) is 1.91. The average Bonchev–Trinajstić information content (AvgIpc) is 2.90. The van der Waals surface area contributed by atoms with Crippen molar-refractivity contribution in [2.45, 2.75) is 45.1 Å². The number of benzene rings is 1. The largest absolute Gasteiger partial charge is 0.459 e. The number of furan rings is 1. The minimum atomic E-state index is 0.300. The monoisotopic (exact) mass is 257 g/mol. The molecule has 2 heteroatoms. The summed E-state index contributed by atoms with van der Waals surface area (Å²) < 4.78 is 5.91. The van der Waals surface area contributed by atoms with Gasteiger partial charge in [-0.25, -0.2) is 0 Å². The number of hydrogen-bond donors (Lipinski definition) is 1. The molecule has 2 aromatic rings. The lowest BCUT2D eigenvalue weighted by Crippen LogP contribution is -2.26. The number of fused-ring (bicyclic) bond motifs is 1. The maximum atomic E-state index is 5.91. The highest BCUT2D eigenvalue weighted by Gasteiger charge is 2.16. The van der Waals surface area contributed by atoms with Crippen LogP contribution in [0.3, 0.4) is 0 Å². The summed E-state index contributed by atoms with van der Waals surface area (Å²) in [6.07, 6.45) is 7.02. The van der Waals surface area contributed by atoms with E-state index in [0.717, 1.165) is 23.8 Å². The second kappa shape index (κ2) is 5.79. The molecule has 1 atom stereocenters. The lowest BCUT2D eigenvalue weighted by Gasteiger charge is -2.23. The summed E-state index contributed by atoms with van der Waals surface area (Å²) in [6.45, 7) is 3.32. The van der Waals surface area contributed by atoms with E-state index in [1.807, 2.05) is 12.1 Å². The first-order valence-electron chi connectivity index (χ1n) is 7.55. The smallest absolute Gasteiger partial charge is 0.134 e. The highest BCUT2D eigenvalue weighted by molar-refractivity contribution is 5.77. The Balaban J connectivity index is 1.61. The van der Waals surface area contributed by atoms with Crippen LogP contribution in [-0.2, 0) is 0 Å². The zero-order valence-electron chi connectivity index (χ0n) is 11.7. The van der Waals surface area contributed by atoms with Crippen molar-refractivity contribution >= 4 is 11.0 Å². The Bertz CT molecular complexity index is 492. The summed E-state index contributed by atoms with van der Waals surface area (Å²) in [5, 5.41) is 4.83. The third-order valence-corrected chi connectivity index (χ3v) is 4.31. The molecular weight excluding hydrogens is 234 g/mol. The standard InChI is InChI=1S/C17H23NO/c1-13(18-12-14-7-3-2-4-8-14)17-11-15-9-5-6-10-16(15)19-17/h5-6,9-11,13-14,18H,2-4,7-8,12H2,1H3. The van der Waals surface area contributed by atoms with Crippen molar-refractivity contribution in [3.63, 3.8) is 0 Å². The maximum absolute atomic E-state index is 5.91. The Morgan fingerprint density at radius 3 is 2.79 bits per heavy atom. The van der Waals surface area contributed by atoms with Gasteiger partial charge in [0.2, 0.25) is 0 Å². The quantitative estimate of drug-likeness (QED) is 0.861. The van der Waals surface area contributed by atoms with E-state index >= 15 is 0 Å².